The largest absolute Gasteiger partial charge is 0.511 e. The number of rotatable bonds is 5. The van der Waals surface area contributed by atoms with Gasteiger partial charge >= 0.3 is 6.16 Å². The lowest BCUT2D eigenvalue weighted by Gasteiger charge is -2.23. The summed E-state index contributed by atoms with van der Waals surface area (Å²) in [6.45, 7) is 1.90. The normalized spacial score (nSPS) is 11.6. The van der Waals surface area contributed by atoms with Crippen molar-refractivity contribution >= 4 is 24.2 Å². The van der Waals surface area contributed by atoms with Crippen molar-refractivity contribution in [2.24, 2.45) is 0 Å². The first-order valence-electron chi connectivity index (χ1n) is 5.72. The third-order valence-corrected chi connectivity index (χ3v) is 2.77. The van der Waals surface area contributed by atoms with Crippen LogP contribution in [0.2, 0.25) is 0 Å². The van der Waals surface area contributed by atoms with Gasteiger partial charge in [-0.05, 0) is 32.6 Å². The number of carboxylic acid groups (broad SMARTS) is 1. The Hall–Kier alpha value is -1.86. The Labute approximate surface area is 122 Å². The molecule has 112 valence electrons. The minimum absolute atomic E-state index is 0. The van der Waals surface area contributed by atoms with Gasteiger partial charge in [0.25, 0.3) is 5.69 Å². The topological polar surface area (TPSA) is 92.9 Å². The van der Waals surface area contributed by atoms with Crippen LogP contribution in [0.5, 0.6) is 5.75 Å². The van der Waals surface area contributed by atoms with E-state index in [0.717, 1.165) is 0 Å². The van der Waals surface area contributed by atoms with Crippen LogP contribution < -0.4 is 4.74 Å². The van der Waals surface area contributed by atoms with Crippen molar-refractivity contribution in [2.75, 3.05) is 14.1 Å². The summed E-state index contributed by atoms with van der Waals surface area (Å²) in [6.07, 6.45) is -0.789. The summed E-state index contributed by atoms with van der Waals surface area (Å²) < 4.78 is 4.54. The van der Waals surface area contributed by atoms with Crippen molar-refractivity contribution in [2.45, 2.75) is 19.4 Å². The van der Waals surface area contributed by atoms with Crippen molar-refractivity contribution in [3.05, 3.63) is 33.9 Å². The molecule has 1 atom stereocenters. The molecule has 8 heteroatoms. The minimum atomic E-state index is -1.45. The summed E-state index contributed by atoms with van der Waals surface area (Å²) >= 11 is 0. The maximum absolute atomic E-state index is 11.0. The van der Waals surface area contributed by atoms with Crippen molar-refractivity contribution < 1.29 is 19.6 Å². The van der Waals surface area contributed by atoms with Crippen LogP contribution in [-0.4, -0.2) is 35.2 Å². The first-order chi connectivity index (χ1) is 8.86. The number of halogens is 1. The maximum atomic E-state index is 11.0. The molecule has 0 bridgehead atoms. The van der Waals surface area contributed by atoms with Crippen LogP contribution in [0.1, 0.15) is 24.9 Å². The van der Waals surface area contributed by atoms with Gasteiger partial charge in [0.15, 0.2) is 0 Å². The van der Waals surface area contributed by atoms with E-state index in [9.17, 15) is 14.9 Å². The number of nitrogens with zero attached hydrogens (tertiary/aromatic N) is 2. The molecule has 0 aromatic heterocycles. The molecule has 1 unspecified atom stereocenters. The SMILES string of the molecule is CCC(c1cc(OC(=O)O)ccc1[N+](=O)[O-])N(C)C.Cl. The molecule has 1 rings (SSSR count). The second-order valence-electron chi connectivity index (χ2n) is 4.23. The van der Waals surface area contributed by atoms with Gasteiger partial charge in [0.1, 0.15) is 5.75 Å². The van der Waals surface area contributed by atoms with Gasteiger partial charge in [-0.25, -0.2) is 4.79 Å². The molecule has 1 aromatic rings. The monoisotopic (exact) mass is 304 g/mol. The molecule has 0 heterocycles. The van der Waals surface area contributed by atoms with Gasteiger partial charge in [0.2, 0.25) is 0 Å². The number of ether oxygens (including phenoxy) is 1. The molecular formula is C12H17ClN2O5. The highest BCUT2D eigenvalue weighted by Gasteiger charge is 2.23. The Morgan fingerprint density at radius 3 is 2.50 bits per heavy atom. The van der Waals surface area contributed by atoms with Crippen molar-refractivity contribution in [1.29, 1.82) is 0 Å². The second kappa shape index (κ2) is 7.66. The molecule has 0 spiro atoms. The highest BCUT2D eigenvalue weighted by molar-refractivity contribution is 5.85. The standard InChI is InChI=1S/C12H16N2O5.ClH/c1-4-10(13(2)3)9-7-8(19-12(15)16)5-6-11(9)14(17)18;/h5-7,10H,4H2,1-3H3,(H,15,16);1H. The number of nitro benzene ring substituents is 1. The highest BCUT2D eigenvalue weighted by Crippen LogP contribution is 2.33. The zero-order valence-electron chi connectivity index (χ0n) is 11.4. The molecule has 0 fully saturated rings. The summed E-state index contributed by atoms with van der Waals surface area (Å²) in [6, 6.07) is 3.76. The van der Waals surface area contributed by atoms with E-state index in [0.29, 0.717) is 12.0 Å². The van der Waals surface area contributed by atoms with Gasteiger partial charge in [-0.15, -0.1) is 12.4 Å². The molecule has 0 saturated heterocycles. The van der Waals surface area contributed by atoms with Crippen LogP contribution in [0.3, 0.4) is 0 Å². The Balaban J connectivity index is 0.00000361. The quantitative estimate of drug-likeness (QED) is 0.389. The van der Waals surface area contributed by atoms with Gasteiger partial charge in [-0.3, -0.25) is 10.1 Å². The molecule has 0 amide bonds. The predicted octanol–water partition coefficient (Wildman–Crippen LogP) is 3.09. The average molecular weight is 305 g/mol. The maximum Gasteiger partial charge on any atom is 0.511 e. The lowest BCUT2D eigenvalue weighted by Crippen LogP contribution is -2.20. The molecule has 7 nitrogen and oxygen atoms in total. The Morgan fingerprint density at radius 1 is 1.50 bits per heavy atom. The molecule has 0 aliphatic heterocycles. The third kappa shape index (κ3) is 4.36. The Morgan fingerprint density at radius 2 is 2.10 bits per heavy atom. The Kier molecular flexibility index (Phi) is 6.95. The average Bonchev–Trinajstić information content (AvgIpc) is 2.28. The number of hydrogen-bond acceptors (Lipinski definition) is 5. The summed E-state index contributed by atoms with van der Waals surface area (Å²) in [5.74, 6) is 0.0772. The van der Waals surface area contributed by atoms with Crippen LogP contribution in [0.15, 0.2) is 18.2 Å². The molecule has 0 aliphatic carbocycles. The number of benzene rings is 1. The predicted molar refractivity (Wildman–Crippen MR) is 75.7 cm³/mol. The lowest BCUT2D eigenvalue weighted by molar-refractivity contribution is -0.386. The molecular weight excluding hydrogens is 288 g/mol. The zero-order valence-corrected chi connectivity index (χ0v) is 12.2. The third-order valence-electron chi connectivity index (χ3n) is 2.77. The van der Waals surface area contributed by atoms with Gasteiger partial charge in [-0.1, -0.05) is 6.92 Å². The van der Waals surface area contributed by atoms with E-state index in [1.54, 1.807) is 0 Å². The smallest absolute Gasteiger partial charge is 0.449 e. The molecule has 1 aromatic carbocycles. The van der Waals surface area contributed by atoms with Crippen LogP contribution in [0.25, 0.3) is 0 Å². The van der Waals surface area contributed by atoms with Gasteiger partial charge < -0.3 is 14.7 Å². The fourth-order valence-corrected chi connectivity index (χ4v) is 1.99. The molecule has 0 radical (unpaired) electrons. The summed E-state index contributed by atoms with van der Waals surface area (Å²) in [5, 5.41) is 19.6. The van der Waals surface area contributed by atoms with E-state index in [4.69, 9.17) is 5.11 Å². The lowest BCUT2D eigenvalue weighted by atomic mass is 10.0. The Bertz CT molecular complexity index is 493. The fraction of sp³-hybridized carbons (Fsp3) is 0.417. The summed E-state index contributed by atoms with van der Waals surface area (Å²) in [5.41, 5.74) is 0.398. The van der Waals surface area contributed by atoms with E-state index in [2.05, 4.69) is 4.74 Å². The first-order valence-corrected chi connectivity index (χ1v) is 5.72. The van der Waals surface area contributed by atoms with Crippen LogP contribution in [0.4, 0.5) is 10.5 Å². The van der Waals surface area contributed by atoms with Crippen molar-refractivity contribution in [3.63, 3.8) is 0 Å². The number of hydrogen-bond donors (Lipinski definition) is 1. The molecule has 0 saturated carbocycles. The summed E-state index contributed by atoms with van der Waals surface area (Å²) in [7, 11) is 3.62. The molecule has 20 heavy (non-hydrogen) atoms. The first kappa shape index (κ1) is 18.1. The molecule has 0 aliphatic rings. The number of carbonyl (C=O) groups is 1. The molecule has 1 N–H and O–H groups in total. The number of nitro groups is 1. The highest BCUT2D eigenvalue weighted by atomic mass is 35.5. The van der Waals surface area contributed by atoms with Crippen LogP contribution in [0, 0.1) is 10.1 Å². The fourth-order valence-electron chi connectivity index (χ4n) is 1.99. The van der Waals surface area contributed by atoms with E-state index in [1.165, 1.54) is 18.2 Å². The van der Waals surface area contributed by atoms with Crippen LogP contribution in [-0.2, 0) is 0 Å². The van der Waals surface area contributed by atoms with E-state index in [-0.39, 0.29) is 29.9 Å². The van der Waals surface area contributed by atoms with E-state index in [1.807, 2.05) is 25.9 Å². The van der Waals surface area contributed by atoms with Crippen molar-refractivity contribution in [1.82, 2.24) is 4.90 Å². The minimum Gasteiger partial charge on any atom is -0.449 e. The van der Waals surface area contributed by atoms with Gasteiger partial charge in [0.05, 0.1) is 10.5 Å². The van der Waals surface area contributed by atoms with Crippen LogP contribution >= 0.6 is 12.4 Å². The van der Waals surface area contributed by atoms with E-state index >= 15 is 0 Å². The van der Waals surface area contributed by atoms with E-state index < -0.39 is 11.1 Å². The van der Waals surface area contributed by atoms with Gasteiger partial charge in [0, 0.05) is 12.1 Å². The van der Waals surface area contributed by atoms with Gasteiger partial charge in [-0.2, -0.15) is 0 Å². The summed E-state index contributed by atoms with van der Waals surface area (Å²) in [4.78, 5) is 22.9. The second-order valence-corrected chi connectivity index (χ2v) is 4.23. The zero-order chi connectivity index (χ0) is 14.6. The van der Waals surface area contributed by atoms with Crippen molar-refractivity contribution in [3.8, 4) is 5.75 Å².